The molecule has 22 heteroatoms. The van der Waals surface area contributed by atoms with Gasteiger partial charge in [-0.25, -0.2) is 9.97 Å². The van der Waals surface area contributed by atoms with Crippen molar-refractivity contribution < 1.29 is 52.7 Å². The Balaban J connectivity index is 0.00000309. The Bertz CT molecular complexity index is 3920. The van der Waals surface area contributed by atoms with Crippen molar-refractivity contribution in [2.24, 2.45) is 0 Å². The first-order chi connectivity index (χ1) is 35.2. The second-order valence-corrected chi connectivity index (χ2v) is 16.4. The molecule has 2 radical (unpaired) electrons. The van der Waals surface area contributed by atoms with Gasteiger partial charge in [0.25, 0.3) is 0 Å². The molecule has 0 atom stereocenters. The van der Waals surface area contributed by atoms with Gasteiger partial charge in [-0.1, -0.05) is 97.1 Å². The Morgan fingerprint density at radius 1 is 0.324 bits per heavy atom. The van der Waals surface area contributed by atoms with Crippen molar-refractivity contribution in [1.82, 2.24) is 39.9 Å². The predicted octanol–water partition coefficient (Wildman–Crippen LogP) is 14.4. The van der Waals surface area contributed by atoms with Crippen LogP contribution in [0.25, 0.3) is 89.5 Å². The Morgan fingerprint density at radius 2 is 0.622 bits per heavy atom. The van der Waals surface area contributed by atoms with Crippen LogP contribution in [0.2, 0.25) is 0 Å². The molecule has 5 heterocycles. The van der Waals surface area contributed by atoms with Gasteiger partial charge < -0.3 is 29.9 Å². The number of rotatable bonds is 4. The molecular formula is C52H24ClF12InN8-2. The van der Waals surface area contributed by atoms with E-state index < -0.39 is 69.9 Å². The quantitative estimate of drug-likeness (QED) is 0.161. The van der Waals surface area contributed by atoms with E-state index in [1.54, 1.807) is 48.5 Å². The van der Waals surface area contributed by atoms with Crippen molar-refractivity contribution in [2.75, 3.05) is 0 Å². The first-order valence-electron chi connectivity index (χ1n) is 21.5. The summed E-state index contributed by atoms with van der Waals surface area (Å²) in [6, 6.07) is 28.3. The number of hydrogen-bond acceptors (Lipinski definition) is 6. The number of aromatic nitrogens is 8. The van der Waals surface area contributed by atoms with Gasteiger partial charge in [-0.05, 0) is 81.6 Å². The van der Waals surface area contributed by atoms with Crippen LogP contribution < -0.4 is 9.97 Å². The van der Waals surface area contributed by atoms with Crippen molar-refractivity contribution >= 4 is 76.3 Å². The van der Waals surface area contributed by atoms with Gasteiger partial charge >= 0.3 is 56.5 Å². The molecule has 6 aromatic carbocycles. The Hall–Kier alpha value is -7.52. The molecule has 3 aromatic heterocycles. The van der Waals surface area contributed by atoms with Crippen LogP contribution in [0, 0.1) is 0 Å². The molecule has 0 saturated carbocycles. The summed E-state index contributed by atoms with van der Waals surface area (Å²) in [5.41, 5.74) is -7.27. The van der Waals surface area contributed by atoms with Crippen LogP contribution >= 0.6 is 8.58 Å². The number of alkyl halides is 12. The van der Waals surface area contributed by atoms with E-state index in [0.717, 1.165) is 83.9 Å². The Labute approximate surface area is 427 Å². The van der Waals surface area contributed by atoms with Crippen molar-refractivity contribution in [2.45, 2.75) is 24.7 Å². The second-order valence-electron chi connectivity index (χ2n) is 16.4. The molecule has 8 bridgehead atoms. The van der Waals surface area contributed by atoms with Gasteiger partial charge in [0.05, 0.1) is 45.6 Å². The third kappa shape index (κ3) is 9.38. The number of nitrogens with zero attached hydrogens (tertiary/aromatic N) is 8. The molecule has 368 valence electrons. The zero-order chi connectivity index (χ0) is 52.5. The van der Waals surface area contributed by atoms with Gasteiger partial charge in [0, 0.05) is 56.0 Å². The van der Waals surface area contributed by atoms with Crippen LogP contribution in [0.15, 0.2) is 146 Å². The molecule has 0 N–H and O–H groups in total. The van der Waals surface area contributed by atoms with Crippen molar-refractivity contribution in [1.29, 1.82) is 0 Å². The van der Waals surface area contributed by atoms with E-state index in [2.05, 4.69) is 9.97 Å². The van der Waals surface area contributed by atoms with Crippen LogP contribution in [0.4, 0.5) is 52.7 Å². The monoisotopic (exact) mass is 1140 g/mol. The van der Waals surface area contributed by atoms with E-state index in [4.69, 9.17) is 38.5 Å². The van der Waals surface area contributed by atoms with E-state index >= 15 is 0 Å². The molecule has 0 saturated heterocycles. The third-order valence-electron chi connectivity index (χ3n) is 11.8. The fraction of sp³-hybridized carbons (Fsp3) is 0.0769. The zero-order valence-corrected chi connectivity index (χ0v) is 41.0. The molecule has 74 heavy (non-hydrogen) atoms. The number of hydrogen-bond donors (Lipinski definition) is 0. The third-order valence-corrected chi connectivity index (χ3v) is 11.8. The van der Waals surface area contributed by atoms with Crippen molar-refractivity contribution in [3.8, 4) is 45.0 Å². The molecule has 2 aliphatic rings. The van der Waals surface area contributed by atoms with E-state index in [1.165, 1.54) is 24.3 Å². The summed E-state index contributed by atoms with van der Waals surface area (Å²) in [6.07, 6.45) is -19.8. The van der Waals surface area contributed by atoms with E-state index in [0.29, 0.717) is 34.0 Å². The summed E-state index contributed by atoms with van der Waals surface area (Å²) in [6.45, 7) is 0. The summed E-state index contributed by atoms with van der Waals surface area (Å²) < 4.78 is 174. The van der Waals surface area contributed by atoms with Crippen LogP contribution in [0.1, 0.15) is 45.0 Å². The predicted molar refractivity (Wildman–Crippen MR) is 252 cm³/mol. The molecule has 0 fully saturated rings. The molecule has 2 aliphatic heterocycles. The van der Waals surface area contributed by atoms with Crippen molar-refractivity contribution in [3.05, 3.63) is 191 Å². The van der Waals surface area contributed by atoms with E-state index in [1.807, 2.05) is 0 Å². The van der Waals surface area contributed by atoms with Gasteiger partial charge in [0.1, 0.15) is 0 Å². The molecule has 0 aliphatic carbocycles. The average Bonchev–Trinajstić information content (AvgIpc) is 4.12. The molecule has 11 rings (SSSR count). The standard InChI is InChI=1S/C52H24F12N8.ClH.In/c53-49(54,55)29-13-5-9-25(21-29)37-39(27-11-7-15-31(23-27)51(59,60)61)47-70-45(37)68-43-35-19-3-1-17-33(35)41(66-43)65-42-34-18-2-4-20-36(34)44(67-42)69-46-38(26-10-6-14-30(22-26)50(56,57)58)40(48(71-46)72-47)28-12-8-16-32(24-28)52(62,63)64;;/h1-24H;1H;/q-2;;+1/p-1. The van der Waals surface area contributed by atoms with Crippen LogP contribution in [-0.4, -0.2) is 53.1 Å². The molecule has 8 nitrogen and oxygen atoms in total. The molecular weight excluding hydrogens is 1110 g/mol. The minimum absolute atomic E-state index is 0.0478. The van der Waals surface area contributed by atoms with Crippen LogP contribution in [0.5, 0.6) is 0 Å². The van der Waals surface area contributed by atoms with Crippen LogP contribution in [0.3, 0.4) is 0 Å². The number of benzene rings is 6. The fourth-order valence-corrected chi connectivity index (χ4v) is 8.62. The first kappa shape index (κ1) is 50.0. The summed E-state index contributed by atoms with van der Waals surface area (Å²) in [5.74, 6) is -1.01. The Kier molecular flexibility index (Phi) is 12.7. The Morgan fingerprint density at radius 3 is 1.01 bits per heavy atom. The maximum atomic E-state index is 14.5. The normalized spacial score (nSPS) is 12.9. The maximum absolute atomic E-state index is 14.5. The SMILES string of the molecule is FC(F)(F)c1cccc(C2=C(c3cccc(C(F)(F)F)c3)c3nc2nc2[n-]c(nc4nc(nc5[n-]c(n3)c3ccccc53)-c3ccccc3-4)c(-c3cccc(C(F)(F)F)c3)c2-c2cccc(C(F)(F)F)c2)c1.[Cl][In]. The van der Waals surface area contributed by atoms with Gasteiger partial charge in [0.2, 0.25) is 0 Å². The van der Waals surface area contributed by atoms with Gasteiger partial charge in [-0.3, -0.25) is 0 Å². The van der Waals surface area contributed by atoms with Gasteiger partial charge in [0.15, 0.2) is 0 Å². The minimum atomic E-state index is -4.96. The topological polar surface area (TPSA) is 106 Å². The first-order valence-corrected chi connectivity index (χ1v) is 25.7. The molecule has 9 aromatic rings. The van der Waals surface area contributed by atoms with Crippen LogP contribution in [-0.2, 0) is 24.7 Å². The van der Waals surface area contributed by atoms with Gasteiger partial charge in [-0.2, -0.15) is 52.7 Å². The van der Waals surface area contributed by atoms with E-state index in [9.17, 15) is 52.7 Å². The van der Waals surface area contributed by atoms with E-state index in [-0.39, 0.29) is 67.5 Å². The summed E-state index contributed by atoms with van der Waals surface area (Å²) in [5, 5.41) is 0.777. The molecule has 0 spiro atoms. The summed E-state index contributed by atoms with van der Waals surface area (Å²) in [4.78, 5) is 37.8. The second kappa shape index (κ2) is 18.8. The molecule has 0 amide bonds. The number of fused-ring (bicyclic) bond motifs is 14. The summed E-state index contributed by atoms with van der Waals surface area (Å²) in [7, 11) is 4.77. The fourth-order valence-electron chi connectivity index (χ4n) is 8.62. The zero-order valence-electron chi connectivity index (χ0n) is 36.9. The van der Waals surface area contributed by atoms with Crippen molar-refractivity contribution in [3.63, 3.8) is 0 Å². The average molecular weight is 1140 g/mol. The number of halogens is 13. The molecule has 0 unspecified atom stereocenters. The summed E-state index contributed by atoms with van der Waals surface area (Å²) >= 11 is 0.822. The van der Waals surface area contributed by atoms with Gasteiger partial charge in [-0.15, -0.1) is 0 Å².